The molecule has 1 amide bonds. The number of benzene rings is 2. The Hall–Kier alpha value is -2.47. The first-order valence-corrected chi connectivity index (χ1v) is 8.18. The topological polar surface area (TPSA) is 43.8 Å². The monoisotopic (exact) mass is 346 g/mol. The molecule has 1 aliphatic heterocycles. The molecule has 1 N–H and O–H groups in total. The molecular weight excluding hydrogens is 326 g/mol. The van der Waals surface area contributed by atoms with Gasteiger partial charge in [0, 0.05) is 25.7 Å². The van der Waals surface area contributed by atoms with E-state index in [1.807, 2.05) is 37.3 Å². The first kappa shape index (κ1) is 17.4. The highest BCUT2D eigenvalue weighted by Gasteiger charge is 2.35. The molecule has 0 bridgehead atoms. The molecule has 132 valence electrons. The van der Waals surface area contributed by atoms with Crippen molar-refractivity contribution in [2.24, 2.45) is 0 Å². The van der Waals surface area contributed by atoms with Gasteiger partial charge in [0.1, 0.15) is 0 Å². The van der Waals surface area contributed by atoms with Crippen LogP contribution in [0.3, 0.4) is 0 Å². The van der Waals surface area contributed by atoms with E-state index in [1.165, 1.54) is 11.0 Å². The first-order chi connectivity index (χ1) is 12.0. The Balaban J connectivity index is 1.87. The molecule has 4 nitrogen and oxygen atoms in total. The molecule has 0 aromatic heterocycles. The Bertz CT molecular complexity index is 754. The van der Waals surface area contributed by atoms with E-state index in [4.69, 9.17) is 0 Å². The van der Waals surface area contributed by atoms with Crippen molar-refractivity contribution in [3.63, 3.8) is 0 Å². The molecule has 6 heteroatoms. The van der Waals surface area contributed by atoms with Gasteiger partial charge in [0.25, 0.3) is 0 Å². The van der Waals surface area contributed by atoms with Crippen molar-refractivity contribution >= 4 is 6.09 Å². The predicted octanol–water partition coefficient (Wildman–Crippen LogP) is 3.89. The molecular formula is C19H20F2N2O2. The second-order valence-electron chi connectivity index (χ2n) is 6.39. The van der Waals surface area contributed by atoms with Crippen molar-refractivity contribution in [3.8, 4) is 0 Å². The van der Waals surface area contributed by atoms with E-state index >= 15 is 0 Å². The van der Waals surface area contributed by atoms with Gasteiger partial charge in [-0.3, -0.25) is 9.80 Å². The fourth-order valence-electron chi connectivity index (χ4n) is 3.28. The van der Waals surface area contributed by atoms with Crippen molar-refractivity contribution in [1.82, 2.24) is 9.80 Å². The second-order valence-corrected chi connectivity index (χ2v) is 6.39. The van der Waals surface area contributed by atoms with Crippen LogP contribution < -0.4 is 0 Å². The lowest BCUT2D eigenvalue weighted by Gasteiger charge is -2.44. The normalized spacial score (nSPS) is 21.3. The summed E-state index contributed by atoms with van der Waals surface area (Å²) in [5.74, 6) is -1.90. The number of piperazine rings is 1. The van der Waals surface area contributed by atoms with E-state index in [-0.39, 0.29) is 6.04 Å². The molecule has 1 saturated heterocycles. The van der Waals surface area contributed by atoms with E-state index in [9.17, 15) is 18.7 Å². The third-order valence-corrected chi connectivity index (χ3v) is 4.67. The zero-order chi connectivity index (χ0) is 18.0. The first-order valence-electron chi connectivity index (χ1n) is 8.18. The van der Waals surface area contributed by atoms with Crippen molar-refractivity contribution < 1.29 is 18.7 Å². The molecule has 2 aromatic rings. The highest BCUT2D eigenvalue weighted by Crippen LogP contribution is 2.30. The second kappa shape index (κ2) is 7.19. The fraction of sp³-hybridized carbons (Fsp3) is 0.316. The summed E-state index contributed by atoms with van der Waals surface area (Å²) in [6, 6.07) is 13.0. The summed E-state index contributed by atoms with van der Waals surface area (Å²) in [4.78, 5) is 15.1. The fourth-order valence-corrected chi connectivity index (χ4v) is 3.28. The van der Waals surface area contributed by atoms with Gasteiger partial charge in [-0.15, -0.1) is 0 Å². The largest absolute Gasteiger partial charge is 0.465 e. The van der Waals surface area contributed by atoms with E-state index in [2.05, 4.69) is 4.90 Å². The molecule has 0 radical (unpaired) electrons. The molecule has 2 atom stereocenters. The van der Waals surface area contributed by atoms with Gasteiger partial charge in [0.05, 0.1) is 6.04 Å². The van der Waals surface area contributed by atoms with Crippen LogP contribution in [-0.4, -0.2) is 40.1 Å². The van der Waals surface area contributed by atoms with Crippen LogP contribution in [0.15, 0.2) is 48.5 Å². The number of nitrogens with zero attached hydrogens (tertiary/aromatic N) is 2. The lowest BCUT2D eigenvalue weighted by molar-refractivity contribution is 0.0326. The third-order valence-electron chi connectivity index (χ3n) is 4.67. The van der Waals surface area contributed by atoms with Gasteiger partial charge in [-0.25, -0.2) is 13.6 Å². The van der Waals surface area contributed by atoms with Crippen LogP contribution in [0.25, 0.3) is 0 Å². The van der Waals surface area contributed by atoms with Gasteiger partial charge in [-0.1, -0.05) is 36.4 Å². The zero-order valence-electron chi connectivity index (χ0n) is 13.9. The summed E-state index contributed by atoms with van der Waals surface area (Å²) in [5, 5.41) is 9.53. The van der Waals surface area contributed by atoms with Crippen LogP contribution in [0.2, 0.25) is 0 Å². The van der Waals surface area contributed by atoms with Crippen LogP contribution in [-0.2, 0) is 6.54 Å². The van der Waals surface area contributed by atoms with E-state index < -0.39 is 23.8 Å². The standard InChI is InChI=1S/C19H20F2N2O2/c1-13-10-23(19(24)25)18(15-7-8-16(20)17(21)9-15)12-22(13)11-14-5-3-2-4-6-14/h2-9,13,18H,10-12H2,1H3,(H,24,25)/t13-,18-/m1/s1. The highest BCUT2D eigenvalue weighted by atomic mass is 19.2. The minimum Gasteiger partial charge on any atom is -0.465 e. The highest BCUT2D eigenvalue weighted by molar-refractivity contribution is 5.66. The number of carbonyl (C=O) groups is 1. The average Bonchev–Trinajstić information content (AvgIpc) is 2.59. The Morgan fingerprint density at radius 3 is 2.48 bits per heavy atom. The maximum Gasteiger partial charge on any atom is 0.407 e. The quantitative estimate of drug-likeness (QED) is 0.917. The van der Waals surface area contributed by atoms with Crippen molar-refractivity contribution in [1.29, 1.82) is 0 Å². The molecule has 25 heavy (non-hydrogen) atoms. The number of carboxylic acid groups (broad SMARTS) is 1. The van der Waals surface area contributed by atoms with Gasteiger partial charge in [0.15, 0.2) is 11.6 Å². The number of halogens is 2. The molecule has 2 aromatic carbocycles. The maximum absolute atomic E-state index is 13.6. The molecule has 1 fully saturated rings. The van der Waals surface area contributed by atoms with Gasteiger partial charge in [0.2, 0.25) is 0 Å². The molecule has 1 aliphatic rings. The predicted molar refractivity (Wildman–Crippen MR) is 90.1 cm³/mol. The average molecular weight is 346 g/mol. The summed E-state index contributed by atoms with van der Waals surface area (Å²) >= 11 is 0. The smallest absolute Gasteiger partial charge is 0.407 e. The third kappa shape index (κ3) is 3.79. The summed E-state index contributed by atoms with van der Waals surface area (Å²) in [6.07, 6.45) is -1.05. The summed E-state index contributed by atoms with van der Waals surface area (Å²) in [5.41, 5.74) is 1.59. The summed E-state index contributed by atoms with van der Waals surface area (Å²) in [7, 11) is 0. The molecule has 0 aliphatic carbocycles. The summed E-state index contributed by atoms with van der Waals surface area (Å²) < 4.78 is 26.9. The SMILES string of the molecule is C[C@@H]1CN(C(=O)O)[C@@H](c2ccc(F)c(F)c2)CN1Cc1ccccc1. The number of amides is 1. The Morgan fingerprint density at radius 1 is 1.12 bits per heavy atom. The van der Waals surface area contributed by atoms with Gasteiger partial charge in [-0.2, -0.15) is 0 Å². The lowest BCUT2D eigenvalue weighted by Crippen LogP contribution is -2.54. The number of hydrogen-bond acceptors (Lipinski definition) is 2. The van der Waals surface area contributed by atoms with E-state index in [1.54, 1.807) is 0 Å². The molecule has 1 heterocycles. The van der Waals surface area contributed by atoms with Gasteiger partial charge >= 0.3 is 6.09 Å². The molecule has 0 saturated carbocycles. The van der Waals surface area contributed by atoms with Crippen molar-refractivity contribution in [2.75, 3.05) is 13.1 Å². The van der Waals surface area contributed by atoms with Gasteiger partial charge < -0.3 is 5.11 Å². The lowest BCUT2D eigenvalue weighted by atomic mass is 9.99. The van der Waals surface area contributed by atoms with Crippen molar-refractivity contribution in [3.05, 3.63) is 71.3 Å². The molecule has 0 unspecified atom stereocenters. The van der Waals surface area contributed by atoms with Crippen LogP contribution in [0.1, 0.15) is 24.1 Å². The van der Waals surface area contributed by atoms with Gasteiger partial charge in [-0.05, 0) is 30.2 Å². The van der Waals surface area contributed by atoms with Crippen LogP contribution in [0, 0.1) is 11.6 Å². The van der Waals surface area contributed by atoms with Crippen LogP contribution >= 0.6 is 0 Å². The maximum atomic E-state index is 13.6. The molecule has 0 spiro atoms. The minimum atomic E-state index is -1.05. The Morgan fingerprint density at radius 2 is 1.84 bits per heavy atom. The Kier molecular flexibility index (Phi) is 4.99. The summed E-state index contributed by atoms with van der Waals surface area (Å²) in [6.45, 7) is 3.38. The van der Waals surface area contributed by atoms with E-state index in [0.717, 1.165) is 17.7 Å². The zero-order valence-corrected chi connectivity index (χ0v) is 13.9. The van der Waals surface area contributed by atoms with Crippen LogP contribution in [0.4, 0.5) is 13.6 Å². The number of rotatable bonds is 3. The minimum absolute atomic E-state index is 0.0258. The van der Waals surface area contributed by atoms with E-state index in [0.29, 0.717) is 25.2 Å². The number of hydrogen-bond donors (Lipinski definition) is 1. The van der Waals surface area contributed by atoms with Crippen molar-refractivity contribution in [2.45, 2.75) is 25.6 Å². The Labute approximate surface area is 145 Å². The molecule has 3 rings (SSSR count). The van der Waals surface area contributed by atoms with Crippen LogP contribution in [0.5, 0.6) is 0 Å².